The van der Waals surface area contributed by atoms with Crippen LogP contribution < -0.4 is 5.32 Å². The summed E-state index contributed by atoms with van der Waals surface area (Å²) in [6.45, 7) is 2.31. The van der Waals surface area contributed by atoms with Gasteiger partial charge in [-0.05, 0) is 31.2 Å². The summed E-state index contributed by atoms with van der Waals surface area (Å²) in [7, 11) is 0. The second-order valence-electron chi connectivity index (χ2n) is 4.83. The molecule has 4 heteroatoms. The summed E-state index contributed by atoms with van der Waals surface area (Å²) in [6.07, 6.45) is 7.81. The van der Waals surface area contributed by atoms with E-state index >= 15 is 0 Å². The first-order valence-corrected chi connectivity index (χ1v) is 6.27. The molecule has 0 amide bonds. The van der Waals surface area contributed by atoms with Crippen LogP contribution in [0.3, 0.4) is 0 Å². The number of nitrogens with zero attached hydrogens (tertiary/aromatic N) is 3. The van der Waals surface area contributed by atoms with Gasteiger partial charge in [0.1, 0.15) is 11.8 Å². The molecule has 0 bridgehead atoms. The molecule has 1 saturated carbocycles. The number of nitriles is 1. The van der Waals surface area contributed by atoms with Gasteiger partial charge in [0.25, 0.3) is 0 Å². The molecule has 0 saturated heterocycles. The first-order valence-electron chi connectivity index (χ1n) is 6.27. The first-order chi connectivity index (χ1) is 8.28. The quantitative estimate of drug-likeness (QED) is 0.793. The van der Waals surface area contributed by atoms with E-state index in [-0.39, 0.29) is 0 Å². The lowest BCUT2D eigenvalue weighted by Gasteiger charge is -2.15. The molecule has 90 valence electrons. The third-order valence-electron chi connectivity index (χ3n) is 3.36. The van der Waals surface area contributed by atoms with Gasteiger partial charge in [-0.15, -0.1) is 0 Å². The van der Waals surface area contributed by atoms with E-state index in [0.29, 0.717) is 17.7 Å². The summed E-state index contributed by atoms with van der Waals surface area (Å²) in [5.41, 5.74) is 0.421. The van der Waals surface area contributed by atoms with E-state index in [4.69, 9.17) is 5.26 Å². The smallest absolute Gasteiger partial charge is 0.224 e. The van der Waals surface area contributed by atoms with Gasteiger partial charge >= 0.3 is 0 Å². The Morgan fingerprint density at radius 1 is 1.35 bits per heavy atom. The van der Waals surface area contributed by atoms with Crippen LogP contribution in [0.1, 0.15) is 44.7 Å². The van der Waals surface area contributed by atoms with Crippen LogP contribution in [0.5, 0.6) is 0 Å². The van der Waals surface area contributed by atoms with Gasteiger partial charge in [-0.2, -0.15) is 5.26 Å². The summed E-state index contributed by atoms with van der Waals surface area (Å²) in [5.74, 6) is 1.41. The van der Waals surface area contributed by atoms with Crippen LogP contribution in [0.15, 0.2) is 12.3 Å². The van der Waals surface area contributed by atoms with Crippen molar-refractivity contribution in [1.82, 2.24) is 9.97 Å². The number of rotatable bonds is 2. The molecule has 0 spiro atoms. The Bertz CT molecular complexity index is 410. The second-order valence-corrected chi connectivity index (χ2v) is 4.83. The predicted molar refractivity (Wildman–Crippen MR) is 66.4 cm³/mol. The van der Waals surface area contributed by atoms with Crippen LogP contribution in [-0.4, -0.2) is 16.0 Å². The SMILES string of the molecule is CC1CCCC(Nc2nccc(C#N)n2)CC1. The summed E-state index contributed by atoms with van der Waals surface area (Å²) in [6, 6.07) is 4.11. The Labute approximate surface area is 102 Å². The lowest BCUT2D eigenvalue weighted by molar-refractivity contribution is 0.501. The van der Waals surface area contributed by atoms with Crippen LogP contribution in [0.2, 0.25) is 0 Å². The monoisotopic (exact) mass is 230 g/mol. The van der Waals surface area contributed by atoms with Crippen LogP contribution in [0, 0.1) is 17.2 Å². The Morgan fingerprint density at radius 3 is 3.06 bits per heavy atom. The van der Waals surface area contributed by atoms with E-state index in [1.807, 2.05) is 6.07 Å². The maximum atomic E-state index is 8.78. The lowest BCUT2D eigenvalue weighted by Crippen LogP contribution is -2.20. The molecule has 1 heterocycles. The topological polar surface area (TPSA) is 61.6 Å². The number of anilines is 1. The molecule has 1 aliphatic rings. The van der Waals surface area contributed by atoms with Gasteiger partial charge in [-0.25, -0.2) is 9.97 Å². The van der Waals surface area contributed by atoms with Crippen molar-refractivity contribution in [3.8, 4) is 6.07 Å². The van der Waals surface area contributed by atoms with Crippen molar-refractivity contribution in [3.05, 3.63) is 18.0 Å². The molecule has 1 N–H and O–H groups in total. The van der Waals surface area contributed by atoms with Gasteiger partial charge in [-0.1, -0.05) is 19.8 Å². The van der Waals surface area contributed by atoms with Crippen molar-refractivity contribution in [2.45, 2.75) is 45.1 Å². The highest BCUT2D eigenvalue weighted by molar-refractivity contribution is 5.31. The standard InChI is InChI=1S/C13H18N4/c1-10-3-2-4-11(6-5-10)16-13-15-8-7-12(9-14)17-13/h7-8,10-11H,2-6H2,1H3,(H,15,16,17). The zero-order valence-corrected chi connectivity index (χ0v) is 10.2. The van der Waals surface area contributed by atoms with Crippen LogP contribution >= 0.6 is 0 Å². The molecule has 0 aliphatic heterocycles. The minimum absolute atomic E-state index is 0.421. The van der Waals surface area contributed by atoms with Gasteiger partial charge in [0.05, 0.1) is 0 Å². The summed E-state index contributed by atoms with van der Waals surface area (Å²) < 4.78 is 0. The molecule has 4 nitrogen and oxygen atoms in total. The van der Waals surface area contributed by atoms with Crippen molar-refractivity contribution in [2.75, 3.05) is 5.32 Å². The van der Waals surface area contributed by atoms with E-state index in [1.165, 1.54) is 32.1 Å². The lowest BCUT2D eigenvalue weighted by atomic mass is 10.0. The number of nitrogens with one attached hydrogen (secondary N) is 1. The highest BCUT2D eigenvalue weighted by Crippen LogP contribution is 2.24. The Morgan fingerprint density at radius 2 is 2.24 bits per heavy atom. The molecule has 0 radical (unpaired) electrons. The van der Waals surface area contributed by atoms with Crippen molar-refractivity contribution < 1.29 is 0 Å². The average molecular weight is 230 g/mol. The predicted octanol–water partition coefficient (Wildman–Crippen LogP) is 2.73. The minimum atomic E-state index is 0.421. The fourth-order valence-corrected chi connectivity index (χ4v) is 2.30. The third kappa shape index (κ3) is 3.42. The normalized spacial score (nSPS) is 24.7. The van der Waals surface area contributed by atoms with Gasteiger partial charge in [0, 0.05) is 12.2 Å². The van der Waals surface area contributed by atoms with Crippen molar-refractivity contribution in [1.29, 1.82) is 5.26 Å². The molecule has 17 heavy (non-hydrogen) atoms. The van der Waals surface area contributed by atoms with Crippen molar-refractivity contribution >= 4 is 5.95 Å². The fraction of sp³-hybridized carbons (Fsp3) is 0.615. The summed E-state index contributed by atoms with van der Waals surface area (Å²) in [5, 5.41) is 12.1. The Kier molecular flexibility index (Phi) is 3.92. The van der Waals surface area contributed by atoms with E-state index < -0.39 is 0 Å². The molecular formula is C13H18N4. The first kappa shape index (κ1) is 11.8. The molecule has 1 fully saturated rings. The number of hydrogen-bond acceptors (Lipinski definition) is 4. The largest absolute Gasteiger partial charge is 0.351 e. The van der Waals surface area contributed by atoms with Crippen LogP contribution in [0.4, 0.5) is 5.95 Å². The van der Waals surface area contributed by atoms with Gasteiger partial charge in [0.2, 0.25) is 5.95 Å². The molecule has 2 atom stereocenters. The Balaban J connectivity index is 1.97. The zero-order valence-electron chi connectivity index (χ0n) is 10.2. The zero-order chi connectivity index (χ0) is 12.1. The van der Waals surface area contributed by atoms with E-state index in [9.17, 15) is 0 Å². The maximum absolute atomic E-state index is 8.78. The van der Waals surface area contributed by atoms with Gasteiger partial charge < -0.3 is 5.32 Å². The van der Waals surface area contributed by atoms with Gasteiger partial charge in [0.15, 0.2) is 0 Å². The van der Waals surface area contributed by atoms with E-state index in [1.54, 1.807) is 12.3 Å². The minimum Gasteiger partial charge on any atom is -0.351 e. The molecule has 1 aliphatic carbocycles. The highest BCUT2D eigenvalue weighted by Gasteiger charge is 2.16. The molecule has 2 rings (SSSR count). The second kappa shape index (κ2) is 5.62. The molecule has 1 aromatic rings. The molecular weight excluding hydrogens is 212 g/mol. The van der Waals surface area contributed by atoms with Crippen molar-refractivity contribution in [3.63, 3.8) is 0 Å². The molecule has 1 aromatic heterocycles. The van der Waals surface area contributed by atoms with E-state index in [2.05, 4.69) is 22.2 Å². The Hall–Kier alpha value is -1.63. The fourth-order valence-electron chi connectivity index (χ4n) is 2.30. The van der Waals surface area contributed by atoms with E-state index in [0.717, 1.165) is 5.92 Å². The number of hydrogen-bond donors (Lipinski definition) is 1. The number of aromatic nitrogens is 2. The highest BCUT2D eigenvalue weighted by atomic mass is 15.1. The summed E-state index contributed by atoms with van der Waals surface area (Å²) >= 11 is 0. The molecule has 0 aromatic carbocycles. The summed E-state index contributed by atoms with van der Waals surface area (Å²) in [4.78, 5) is 8.31. The third-order valence-corrected chi connectivity index (χ3v) is 3.36. The van der Waals surface area contributed by atoms with Gasteiger partial charge in [-0.3, -0.25) is 0 Å². The van der Waals surface area contributed by atoms with Crippen molar-refractivity contribution in [2.24, 2.45) is 5.92 Å². The molecule has 2 unspecified atom stereocenters. The maximum Gasteiger partial charge on any atom is 0.224 e. The van der Waals surface area contributed by atoms with Crippen LogP contribution in [0.25, 0.3) is 0 Å². The van der Waals surface area contributed by atoms with Crippen LogP contribution in [-0.2, 0) is 0 Å². The average Bonchev–Trinajstić information content (AvgIpc) is 2.55.